The molecule has 0 saturated heterocycles. The van der Waals surface area contributed by atoms with Crippen molar-refractivity contribution in [3.05, 3.63) is 58.6 Å². The Morgan fingerprint density at radius 1 is 1.04 bits per heavy atom. The van der Waals surface area contributed by atoms with Crippen LogP contribution >= 0.6 is 11.6 Å². The molecule has 0 radical (unpaired) electrons. The number of rotatable bonds is 4. The van der Waals surface area contributed by atoms with Gasteiger partial charge in [-0.05, 0) is 36.8 Å². The molecule has 0 atom stereocenters. The molecule has 2 aromatic rings. The quantitative estimate of drug-likeness (QED) is 0.867. The van der Waals surface area contributed by atoms with Crippen LogP contribution in [0.2, 0.25) is 5.02 Å². The molecule has 0 aliphatic heterocycles. The second-order valence-electron chi connectivity index (χ2n) is 5.61. The summed E-state index contributed by atoms with van der Waals surface area (Å²) >= 11 is 6.04. The highest BCUT2D eigenvalue weighted by atomic mass is 35.5. The number of amides is 2. The minimum Gasteiger partial charge on any atom is -0.326 e. The first-order valence-corrected chi connectivity index (χ1v) is 7.73. The van der Waals surface area contributed by atoms with Crippen molar-refractivity contribution in [1.82, 2.24) is 0 Å². The number of hydrogen-bond donors (Lipinski definition) is 2. The van der Waals surface area contributed by atoms with Gasteiger partial charge in [-0.3, -0.25) is 9.59 Å². The Balaban J connectivity index is 2.21. The van der Waals surface area contributed by atoms with E-state index in [9.17, 15) is 9.59 Å². The monoisotopic (exact) mass is 330 g/mol. The number of benzene rings is 2. The molecule has 0 heterocycles. The average Bonchev–Trinajstić information content (AvgIpc) is 2.50. The third-order valence-corrected chi connectivity index (χ3v) is 3.73. The fourth-order valence-electron chi connectivity index (χ4n) is 1.96. The zero-order chi connectivity index (χ0) is 17.0. The first-order chi connectivity index (χ1) is 10.9. The van der Waals surface area contributed by atoms with E-state index in [-0.39, 0.29) is 17.7 Å². The lowest BCUT2D eigenvalue weighted by atomic mass is 10.1. The molecular formula is C18H19ClN2O2. The molecule has 0 saturated carbocycles. The Labute approximate surface area is 140 Å². The summed E-state index contributed by atoms with van der Waals surface area (Å²) in [7, 11) is 0. The molecule has 0 aliphatic rings. The number of hydrogen-bond acceptors (Lipinski definition) is 2. The molecule has 0 bridgehead atoms. The van der Waals surface area contributed by atoms with Crippen molar-refractivity contribution in [2.24, 2.45) is 5.92 Å². The third kappa shape index (κ3) is 4.33. The predicted molar refractivity (Wildman–Crippen MR) is 94.1 cm³/mol. The fraction of sp³-hybridized carbons (Fsp3) is 0.222. The molecule has 120 valence electrons. The van der Waals surface area contributed by atoms with E-state index in [0.717, 1.165) is 5.56 Å². The van der Waals surface area contributed by atoms with E-state index in [4.69, 9.17) is 11.6 Å². The van der Waals surface area contributed by atoms with Gasteiger partial charge in [0, 0.05) is 17.3 Å². The Bertz CT molecular complexity index is 742. The number of carbonyl (C=O) groups excluding carboxylic acids is 2. The van der Waals surface area contributed by atoms with Gasteiger partial charge in [0.2, 0.25) is 5.91 Å². The molecular weight excluding hydrogens is 312 g/mol. The van der Waals surface area contributed by atoms with Gasteiger partial charge in [0.15, 0.2) is 0 Å². The van der Waals surface area contributed by atoms with E-state index in [1.165, 1.54) is 0 Å². The lowest BCUT2D eigenvalue weighted by Gasteiger charge is -2.13. The Hall–Kier alpha value is -2.33. The Morgan fingerprint density at radius 2 is 1.74 bits per heavy atom. The zero-order valence-electron chi connectivity index (χ0n) is 13.3. The van der Waals surface area contributed by atoms with Crippen LogP contribution in [0.4, 0.5) is 11.4 Å². The van der Waals surface area contributed by atoms with Gasteiger partial charge in [-0.15, -0.1) is 0 Å². The molecule has 2 rings (SSSR count). The van der Waals surface area contributed by atoms with Gasteiger partial charge in [0.25, 0.3) is 5.91 Å². The highest BCUT2D eigenvalue weighted by Crippen LogP contribution is 2.23. The average molecular weight is 331 g/mol. The van der Waals surface area contributed by atoms with Crippen molar-refractivity contribution in [2.45, 2.75) is 20.8 Å². The fourth-order valence-corrected chi connectivity index (χ4v) is 2.18. The second kappa shape index (κ2) is 7.29. The maximum Gasteiger partial charge on any atom is 0.257 e. The van der Waals surface area contributed by atoms with Crippen molar-refractivity contribution in [1.29, 1.82) is 0 Å². The predicted octanol–water partition coefficient (Wildman–Crippen LogP) is 4.50. The summed E-state index contributed by atoms with van der Waals surface area (Å²) in [5.41, 5.74) is 2.58. The Morgan fingerprint density at radius 3 is 2.39 bits per heavy atom. The summed E-state index contributed by atoms with van der Waals surface area (Å²) in [6, 6.07) is 12.3. The van der Waals surface area contributed by atoms with Crippen LogP contribution in [0.25, 0.3) is 0 Å². The molecule has 23 heavy (non-hydrogen) atoms. The van der Waals surface area contributed by atoms with Crippen molar-refractivity contribution < 1.29 is 9.59 Å². The van der Waals surface area contributed by atoms with E-state index in [0.29, 0.717) is 22.0 Å². The van der Waals surface area contributed by atoms with Crippen molar-refractivity contribution >= 4 is 34.8 Å². The van der Waals surface area contributed by atoms with E-state index in [1.54, 1.807) is 36.4 Å². The molecule has 4 nitrogen and oxygen atoms in total. The van der Waals surface area contributed by atoms with Gasteiger partial charge in [0.05, 0.1) is 10.6 Å². The molecule has 0 unspecified atom stereocenters. The molecule has 2 N–H and O–H groups in total. The topological polar surface area (TPSA) is 58.2 Å². The standard InChI is InChI=1S/C18H19ClN2O2/c1-11(2)17(22)20-13-9-8-12(3)16(10-13)21-18(23)14-6-4-5-7-15(14)19/h4-11H,1-3H3,(H,20,22)(H,21,23). The smallest absolute Gasteiger partial charge is 0.257 e. The lowest BCUT2D eigenvalue weighted by molar-refractivity contribution is -0.118. The van der Waals surface area contributed by atoms with Crippen LogP contribution in [0, 0.1) is 12.8 Å². The second-order valence-corrected chi connectivity index (χ2v) is 6.01. The number of aryl methyl sites for hydroxylation is 1. The molecule has 0 spiro atoms. The SMILES string of the molecule is Cc1ccc(NC(=O)C(C)C)cc1NC(=O)c1ccccc1Cl. The molecule has 0 aliphatic carbocycles. The molecule has 2 amide bonds. The minimum absolute atomic E-state index is 0.0720. The summed E-state index contributed by atoms with van der Waals surface area (Å²) in [6.45, 7) is 5.53. The van der Waals surface area contributed by atoms with Gasteiger partial charge in [-0.1, -0.05) is 43.6 Å². The maximum atomic E-state index is 12.3. The van der Waals surface area contributed by atoms with Crippen LogP contribution in [-0.4, -0.2) is 11.8 Å². The molecule has 0 fully saturated rings. The van der Waals surface area contributed by atoms with Crippen molar-refractivity contribution in [3.63, 3.8) is 0 Å². The van der Waals surface area contributed by atoms with E-state index in [1.807, 2.05) is 26.8 Å². The third-order valence-electron chi connectivity index (χ3n) is 3.40. The van der Waals surface area contributed by atoms with Gasteiger partial charge in [-0.2, -0.15) is 0 Å². The van der Waals surface area contributed by atoms with E-state index in [2.05, 4.69) is 10.6 Å². The highest BCUT2D eigenvalue weighted by molar-refractivity contribution is 6.34. The van der Waals surface area contributed by atoms with Gasteiger partial charge < -0.3 is 10.6 Å². The first kappa shape index (κ1) is 17.0. The van der Waals surface area contributed by atoms with Gasteiger partial charge >= 0.3 is 0 Å². The van der Waals surface area contributed by atoms with Gasteiger partial charge in [-0.25, -0.2) is 0 Å². The van der Waals surface area contributed by atoms with Crippen molar-refractivity contribution in [3.8, 4) is 0 Å². The summed E-state index contributed by atoms with van der Waals surface area (Å²) in [6.07, 6.45) is 0. The largest absolute Gasteiger partial charge is 0.326 e. The molecule has 0 aromatic heterocycles. The zero-order valence-corrected chi connectivity index (χ0v) is 14.1. The van der Waals surface area contributed by atoms with Crippen LogP contribution in [0.3, 0.4) is 0 Å². The number of anilines is 2. The van der Waals surface area contributed by atoms with Crippen LogP contribution in [0.5, 0.6) is 0 Å². The highest BCUT2D eigenvalue weighted by Gasteiger charge is 2.12. The lowest BCUT2D eigenvalue weighted by Crippen LogP contribution is -2.18. The van der Waals surface area contributed by atoms with Crippen LogP contribution in [0.15, 0.2) is 42.5 Å². The summed E-state index contributed by atoms with van der Waals surface area (Å²) in [5, 5.41) is 6.05. The van der Waals surface area contributed by atoms with E-state index < -0.39 is 0 Å². The number of halogens is 1. The van der Waals surface area contributed by atoms with Crippen LogP contribution in [-0.2, 0) is 4.79 Å². The normalized spacial score (nSPS) is 10.5. The van der Waals surface area contributed by atoms with Crippen molar-refractivity contribution in [2.75, 3.05) is 10.6 Å². The van der Waals surface area contributed by atoms with Gasteiger partial charge in [0.1, 0.15) is 0 Å². The molecule has 5 heteroatoms. The number of nitrogens with one attached hydrogen (secondary N) is 2. The maximum absolute atomic E-state index is 12.3. The summed E-state index contributed by atoms with van der Waals surface area (Å²) < 4.78 is 0. The van der Waals surface area contributed by atoms with Crippen LogP contribution < -0.4 is 10.6 Å². The van der Waals surface area contributed by atoms with E-state index >= 15 is 0 Å². The number of carbonyl (C=O) groups is 2. The first-order valence-electron chi connectivity index (χ1n) is 7.36. The minimum atomic E-state index is -0.286. The summed E-state index contributed by atoms with van der Waals surface area (Å²) in [5.74, 6) is -0.472. The van der Waals surface area contributed by atoms with Crippen LogP contribution in [0.1, 0.15) is 29.8 Å². The summed E-state index contributed by atoms with van der Waals surface area (Å²) in [4.78, 5) is 24.1. The Kier molecular flexibility index (Phi) is 5.40. The molecule has 2 aromatic carbocycles.